The molecule has 0 aliphatic heterocycles. The minimum absolute atomic E-state index is 0.0960. The number of carbonyl (C=O) groups excluding carboxylic acids is 1. The molecule has 1 N–H and O–H groups in total. The summed E-state index contributed by atoms with van der Waals surface area (Å²) in [5.74, 6) is 0.701. The number of carbonyl (C=O) groups is 1. The number of methoxy groups -OCH3 is 1. The van der Waals surface area contributed by atoms with E-state index >= 15 is 0 Å². The van der Waals surface area contributed by atoms with Crippen molar-refractivity contribution in [2.45, 2.75) is 19.5 Å². The molecule has 6 nitrogen and oxygen atoms in total. The highest BCUT2D eigenvalue weighted by Crippen LogP contribution is 2.11. The lowest BCUT2D eigenvalue weighted by Gasteiger charge is -2.12. The van der Waals surface area contributed by atoms with Gasteiger partial charge in [0, 0.05) is 6.54 Å². The van der Waals surface area contributed by atoms with Gasteiger partial charge in [-0.25, -0.2) is 9.67 Å². The summed E-state index contributed by atoms with van der Waals surface area (Å²) in [5.41, 5.74) is 1.01. The number of hydrogen-bond acceptors (Lipinski definition) is 4. The molecule has 2 aromatic rings. The summed E-state index contributed by atoms with van der Waals surface area (Å²) in [6.07, 6.45) is 2.94. The zero-order valence-electron chi connectivity index (χ0n) is 10.9. The minimum Gasteiger partial charge on any atom is -0.497 e. The monoisotopic (exact) mass is 260 g/mol. The van der Waals surface area contributed by atoms with Crippen molar-refractivity contribution in [1.29, 1.82) is 0 Å². The number of nitrogens with one attached hydrogen (secondary N) is 1. The van der Waals surface area contributed by atoms with E-state index in [1.165, 1.54) is 17.3 Å². The van der Waals surface area contributed by atoms with E-state index in [2.05, 4.69) is 15.4 Å². The normalized spacial score (nSPS) is 11.9. The fraction of sp³-hybridized carbons (Fsp3) is 0.308. The van der Waals surface area contributed by atoms with E-state index in [1.807, 2.05) is 24.3 Å². The predicted octanol–water partition coefficient (Wildman–Crippen LogP) is 1.16. The van der Waals surface area contributed by atoms with Gasteiger partial charge in [-0.2, -0.15) is 5.10 Å². The van der Waals surface area contributed by atoms with Crippen LogP contribution in [0.4, 0.5) is 0 Å². The van der Waals surface area contributed by atoms with E-state index in [1.54, 1.807) is 14.0 Å². The molecular weight excluding hydrogens is 244 g/mol. The summed E-state index contributed by atoms with van der Waals surface area (Å²) in [6.45, 7) is 2.25. The maximum atomic E-state index is 11.9. The van der Waals surface area contributed by atoms with Crippen LogP contribution >= 0.6 is 0 Å². The standard InChI is InChI=1S/C13H16N4O2/c1-10(17-9-14-8-16-17)13(18)15-7-11-3-5-12(19-2)6-4-11/h3-6,8-10H,7H2,1-2H3,(H,15,18)/t10-/m1/s1. The van der Waals surface area contributed by atoms with Crippen LogP contribution in [0.5, 0.6) is 5.75 Å². The highest BCUT2D eigenvalue weighted by Gasteiger charge is 2.14. The van der Waals surface area contributed by atoms with Crippen LogP contribution < -0.4 is 10.1 Å². The van der Waals surface area contributed by atoms with Crippen LogP contribution in [0.1, 0.15) is 18.5 Å². The predicted molar refractivity (Wildman–Crippen MR) is 69.6 cm³/mol. The Kier molecular flexibility index (Phi) is 4.12. The third-order valence-corrected chi connectivity index (χ3v) is 2.84. The van der Waals surface area contributed by atoms with Crippen molar-refractivity contribution < 1.29 is 9.53 Å². The van der Waals surface area contributed by atoms with Crippen LogP contribution in [0.25, 0.3) is 0 Å². The van der Waals surface area contributed by atoms with E-state index in [-0.39, 0.29) is 11.9 Å². The maximum absolute atomic E-state index is 11.9. The van der Waals surface area contributed by atoms with Crippen molar-refractivity contribution in [1.82, 2.24) is 20.1 Å². The molecule has 0 fully saturated rings. The van der Waals surface area contributed by atoms with Gasteiger partial charge in [-0.05, 0) is 24.6 Å². The Bertz CT molecular complexity index is 522. The van der Waals surface area contributed by atoms with Gasteiger partial charge in [-0.3, -0.25) is 4.79 Å². The molecule has 6 heteroatoms. The van der Waals surface area contributed by atoms with Crippen molar-refractivity contribution in [3.05, 3.63) is 42.5 Å². The molecule has 1 aromatic carbocycles. The van der Waals surface area contributed by atoms with Crippen LogP contribution in [0, 0.1) is 0 Å². The second-order valence-electron chi connectivity index (χ2n) is 4.12. The number of rotatable bonds is 5. The Morgan fingerprint density at radius 2 is 2.16 bits per heavy atom. The van der Waals surface area contributed by atoms with Gasteiger partial charge in [-0.1, -0.05) is 12.1 Å². The number of nitrogens with zero attached hydrogens (tertiary/aromatic N) is 3. The van der Waals surface area contributed by atoms with Crippen LogP contribution in [-0.4, -0.2) is 27.8 Å². The molecule has 0 saturated heterocycles. The van der Waals surface area contributed by atoms with E-state index in [0.29, 0.717) is 6.54 Å². The number of ether oxygens (including phenoxy) is 1. The smallest absolute Gasteiger partial charge is 0.244 e. The van der Waals surface area contributed by atoms with Gasteiger partial charge in [0.15, 0.2) is 0 Å². The Labute approximate surface area is 111 Å². The maximum Gasteiger partial charge on any atom is 0.244 e. The lowest BCUT2D eigenvalue weighted by molar-refractivity contribution is -0.124. The quantitative estimate of drug-likeness (QED) is 0.876. The molecule has 0 radical (unpaired) electrons. The minimum atomic E-state index is -0.374. The molecule has 0 aliphatic rings. The van der Waals surface area contributed by atoms with Crippen LogP contribution in [0.15, 0.2) is 36.9 Å². The average molecular weight is 260 g/mol. The Balaban J connectivity index is 1.89. The lowest BCUT2D eigenvalue weighted by Crippen LogP contribution is -2.30. The summed E-state index contributed by atoms with van der Waals surface area (Å²) in [4.78, 5) is 15.7. The number of hydrogen-bond donors (Lipinski definition) is 1. The number of amides is 1. The average Bonchev–Trinajstić information content (AvgIpc) is 2.98. The Hall–Kier alpha value is -2.37. The Morgan fingerprint density at radius 1 is 1.42 bits per heavy atom. The van der Waals surface area contributed by atoms with Gasteiger partial charge in [-0.15, -0.1) is 0 Å². The van der Waals surface area contributed by atoms with Crippen molar-refractivity contribution in [3.63, 3.8) is 0 Å². The molecule has 0 spiro atoms. The van der Waals surface area contributed by atoms with Crippen LogP contribution in [0.2, 0.25) is 0 Å². The summed E-state index contributed by atoms with van der Waals surface area (Å²) >= 11 is 0. The van der Waals surface area contributed by atoms with E-state index in [4.69, 9.17) is 4.74 Å². The van der Waals surface area contributed by atoms with Gasteiger partial charge in [0.25, 0.3) is 0 Å². The highest BCUT2D eigenvalue weighted by atomic mass is 16.5. The highest BCUT2D eigenvalue weighted by molar-refractivity contribution is 5.79. The summed E-state index contributed by atoms with van der Waals surface area (Å²) in [6, 6.07) is 7.18. The van der Waals surface area contributed by atoms with Crippen LogP contribution in [0.3, 0.4) is 0 Å². The van der Waals surface area contributed by atoms with Crippen LogP contribution in [-0.2, 0) is 11.3 Å². The zero-order valence-corrected chi connectivity index (χ0v) is 10.9. The third kappa shape index (κ3) is 3.31. The summed E-state index contributed by atoms with van der Waals surface area (Å²) in [5, 5.41) is 6.80. The van der Waals surface area contributed by atoms with Gasteiger partial charge in [0.1, 0.15) is 24.4 Å². The molecule has 1 heterocycles. The third-order valence-electron chi connectivity index (χ3n) is 2.84. The van der Waals surface area contributed by atoms with Gasteiger partial charge < -0.3 is 10.1 Å². The molecule has 1 atom stereocenters. The number of benzene rings is 1. The van der Waals surface area contributed by atoms with E-state index in [9.17, 15) is 4.79 Å². The Morgan fingerprint density at radius 3 is 2.74 bits per heavy atom. The molecule has 19 heavy (non-hydrogen) atoms. The summed E-state index contributed by atoms with van der Waals surface area (Å²) in [7, 11) is 1.62. The first kappa shape index (κ1) is 13.1. The lowest BCUT2D eigenvalue weighted by atomic mass is 10.2. The molecule has 2 rings (SSSR count). The van der Waals surface area contributed by atoms with Crippen molar-refractivity contribution in [2.24, 2.45) is 0 Å². The first-order valence-corrected chi connectivity index (χ1v) is 5.95. The van der Waals surface area contributed by atoms with Gasteiger partial charge >= 0.3 is 0 Å². The second kappa shape index (κ2) is 5.99. The van der Waals surface area contributed by atoms with Crippen molar-refractivity contribution >= 4 is 5.91 Å². The fourth-order valence-corrected chi connectivity index (χ4v) is 1.62. The van der Waals surface area contributed by atoms with Gasteiger partial charge in [0.2, 0.25) is 5.91 Å². The fourth-order valence-electron chi connectivity index (χ4n) is 1.62. The van der Waals surface area contributed by atoms with Gasteiger partial charge in [0.05, 0.1) is 7.11 Å². The van der Waals surface area contributed by atoms with E-state index in [0.717, 1.165) is 11.3 Å². The molecule has 0 aliphatic carbocycles. The SMILES string of the molecule is COc1ccc(CNC(=O)[C@@H](C)n2cncn2)cc1. The van der Waals surface area contributed by atoms with E-state index < -0.39 is 0 Å². The molecule has 0 bridgehead atoms. The zero-order chi connectivity index (χ0) is 13.7. The molecular formula is C13H16N4O2. The summed E-state index contributed by atoms with van der Waals surface area (Å²) < 4.78 is 6.59. The molecule has 1 aromatic heterocycles. The first-order valence-electron chi connectivity index (χ1n) is 5.95. The van der Waals surface area contributed by atoms with Crippen molar-refractivity contribution in [3.8, 4) is 5.75 Å². The molecule has 0 unspecified atom stereocenters. The first-order chi connectivity index (χ1) is 9.20. The van der Waals surface area contributed by atoms with Crippen molar-refractivity contribution in [2.75, 3.05) is 7.11 Å². The largest absolute Gasteiger partial charge is 0.497 e. The topological polar surface area (TPSA) is 69.0 Å². The molecule has 100 valence electrons. The molecule has 1 amide bonds. The molecule has 0 saturated carbocycles. The second-order valence-corrected chi connectivity index (χ2v) is 4.12. The number of aromatic nitrogens is 3.